The van der Waals surface area contributed by atoms with Crippen LogP contribution in [0.3, 0.4) is 0 Å². The Hall–Kier alpha value is -1.42. The van der Waals surface area contributed by atoms with Gasteiger partial charge in [-0.05, 0) is 30.5 Å². The lowest BCUT2D eigenvalue weighted by molar-refractivity contribution is -0.118. The molecule has 1 aliphatic rings. The van der Waals surface area contributed by atoms with Crippen molar-refractivity contribution < 1.29 is 14.3 Å². The van der Waals surface area contributed by atoms with Crippen molar-refractivity contribution in [2.24, 2.45) is 0 Å². The Labute approximate surface area is 93.5 Å². The SMILES string of the molecule is O=C(CCCO)N1CCc2ccc(F)cc21. The molecule has 0 bridgehead atoms. The topological polar surface area (TPSA) is 40.5 Å². The molecule has 16 heavy (non-hydrogen) atoms. The van der Waals surface area contributed by atoms with Gasteiger partial charge in [-0.25, -0.2) is 4.39 Å². The molecule has 0 atom stereocenters. The second kappa shape index (κ2) is 4.61. The molecule has 0 unspecified atom stereocenters. The molecule has 0 saturated carbocycles. The number of fused-ring (bicyclic) bond motifs is 1. The zero-order valence-corrected chi connectivity index (χ0v) is 8.95. The van der Waals surface area contributed by atoms with Crippen molar-refractivity contribution in [3.8, 4) is 0 Å². The van der Waals surface area contributed by atoms with E-state index in [1.54, 1.807) is 11.0 Å². The molecule has 0 spiro atoms. The van der Waals surface area contributed by atoms with E-state index in [9.17, 15) is 9.18 Å². The zero-order valence-electron chi connectivity index (χ0n) is 8.95. The number of benzene rings is 1. The summed E-state index contributed by atoms with van der Waals surface area (Å²) in [5, 5.41) is 8.67. The molecule has 1 amide bonds. The highest BCUT2D eigenvalue weighted by Gasteiger charge is 2.24. The summed E-state index contributed by atoms with van der Waals surface area (Å²) in [6, 6.07) is 4.55. The molecule has 0 aliphatic carbocycles. The fourth-order valence-corrected chi connectivity index (χ4v) is 1.98. The van der Waals surface area contributed by atoms with E-state index in [0.29, 0.717) is 25.1 Å². The van der Waals surface area contributed by atoms with E-state index in [1.165, 1.54) is 12.1 Å². The van der Waals surface area contributed by atoms with Crippen molar-refractivity contribution in [3.05, 3.63) is 29.6 Å². The summed E-state index contributed by atoms with van der Waals surface area (Å²) in [7, 11) is 0. The maximum Gasteiger partial charge on any atom is 0.227 e. The summed E-state index contributed by atoms with van der Waals surface area (Å²) in [5.41, 5.74) is 1.70. The molecule has 0 aromatic heterocycles. The molecular weight excluding hydrogens is 209 g/mol. The molecule has 1 heterocycles. The molecule has 1 aromatic carbocycles. The van der Waals surface area contributed by atoms with Gasteiger partial charge in [0.2, 0.25) is 5.91 Å². The van der Waals surface area contributed by atoms with E-state index in [1.807, 2.05) is 0 Å². The third-order valence-electron chi connectivity index (χ3n) is 2.79. The van der Waals surface area contributed by atoms with Crippen molar-refractivity contribution in [2.75, 3.05) is 18.1 Å². The van der Waals surface area contributed by atoms with Gasteiger partial charge in [0, 0.05) is 25.3 Å². The van der Waals surface area contributed by atoms with Crippen LogP contribution in [0.1, 0.15) is 18.4 Å². The van der Waals surface area contributed by atoms with E-state index >= 15 is 0 Å². The summed E-state index contributed by atoms with van der Waals surface area (Å²) in [4.78, 5) is 13.4. The van der Waals surface area contributed by atoms with Gasteiger partial charge in [0.15, 0.2) is 0 Å². The maximum absolute atomic E-state index is 13.1. The molecule has 0 fully saturated rings. The first-order valence-corrected chi connectivity index (χ1v) is 5.42. The number of nitrogens with zero attached hydrogens (tertiary/aromatic N) is 1. The highest BCUT2D eigenvalue weighted by molar-refractivity contribution is 5.95. The summed E-state index contributed by atoms with van der Waals surface area (Å²) < 4.78 is 13.1. The number of anilines is 1. The molecule has 86 valence electrons. The molecule has 2 rings (SSSR count). The number of aliphatic hydroxyl groups excluding tert-OH is 1. The second-order valence-corrected chi connectivity index (χ2v) is 3.90. The number of rotatable bonds is 3. The number of hydrogen-bond donors (Lipinski definition) is 1. The molecule has 1 aliphatic heterocycles. The van der Waals surface area contributed by atoms with Gasteiger partial charge in [-0.15, -0.1) is 0 Å². The van der Waals surface area contributed by atoms with E-state index < -0.39 is 0 Å². The predicted octanol–water partition coefficient (Wildman–Crippen LogP) is 1.49. The van der Waals surface area contributed by atoms with E-state index in [0.717, 1.165) is 12.0 Å². The molecular formula is C12H14FNO2. The highest BCUT2D eigenvalue weighted by atomic mass is 19.1. The lowest BCUT2D eigenvalue weighted by atomic mass is 10.1. The van der Waals surface area contributed by atoms with Crippen molar-refractivity contribution in [1.29, 1.82) is 0 Å². The van der Waals surface area contributed by atoms with Gasteiger partial charge in [0.1, 0.15) is 5.82 Å². The average molecular weight is 223 g/mol. The predicted molar refractivity (Wildman–Crippen MR) is 58.8 cm³/mol. The first-order valence-electron chi connectivity index (χ1n) is 5.42. The Morgan fingerprint density at radius 2 is 2.31 bits per heavy atom. The average Bonchev–Trinajstić information content (AvgIpc) is 2.68. The van der Waals surface area contributed by atoms with E-state index in [4.69, 9.17) is 5.11 Å². The number of halogens is 1. The Balaban J connectivity index is 2.16. The first-order chi connectivity index (χ1) is 7.72. The largest absolute Gasteiger partial charge is 0.396 e. The van der Waals surface area contributed by atoms with Crippen LogP contribution in [0.15, 0.2) is 18.2 Å². The van der Waals surface area contributed by atoms with Gasteiger partial charge >= 0.3 is 0 Å². The quantitative estimate of drug-likeness (QED) is 0.843. The van der Waals surface area contributed by atoms with Gasteiger partial charge in [-0.1, -0.05) is 6.07 Å². The molecule has 0 radical (unpaired) electrons. The minimum atomic E-state index is -0.319. The molecule has 4 heteroatoms. The van der Waals surface area contributed by atoms with Crippen LogP contribution in [0.5, 0.6) is 0 Å². The number of aliphatic hydroxyl groups is 1. The third kappa shape index (κ3) is 2.07. The minimum Gasteiger partial charge on any atom is -0.396 e. The number of carbonyl (C=O) groups excluding carboxylic acids is 1. The normalized spacial score (nSPS) is 14.0. The van der Waals surface area contributed by atoms with Crippen LogP contribution in [0.25, 0.3) is 0 Å². The lowest BCUT2D eigenvalue weighted by Crippen LogP contribution is -2.28. The smallest absolute Gasteiger partial charge is 0.227 e. The van der Waals surface area contributed by atoms with Crippen molar-refractivity contribution in [3.63, 3.8) is 0 Å². The number of carbonyl (C=O) groups is 1. The van der Waals surface area contributed by atoms with E-state index in [2.05, 4.69) is 0 Å². The van der Waals surface area contributed by atoms with Crippen LogP contribution in [0.2, 0.25) is 0 Å². The zero-order chi connectivity index (χ0) is 11.5. The van der Waals surface area contributed by atoms with Gasteiger partial charge in [0.25, 0.3) is 0 Å². The number of hydrogen-bond acceptors (Lipinski definition) is 2. The summed E-state index contributed by atoms with van der Waals surface area (Å²) >= 11 is 0. The van der Waals surface area contributed by atoms with Gasteiger partial charge in [0.05, 0.1) is 0 Å². The molecule has 0 saturated heterocycles. The van der Waals surface area contributed by atoms with Gasteiger partial charge < -0.3 is 10.0 Å². The third-order valence-corrected chi connectivity index (χ3v) is 2.79. The fraction of sp³-hybridized carbons (Fsp3) is 0.417. The Morgan fingerprint density at radius 1 is 1.50 bits per heavy atom. The van der Waals surface area contributed by atoms with Crippen LogP contribution in [-0.2, 0) is 11.2 Å². The van der Waals surface area contributed by atoms with Gasteiger partial charge in [-0.3, -0.25) is 4.79 Å². The Morgan fingerprint density at radius 3 is 3.06 bits per heavy atom. The van der Waals surface area contributed by atoms with Crippen molar-refractivity contribution in [1.82, 2.24) is 0 Å². The standard InChI is InChI=1S/C12H14FNO2/c13-10-4-3-9-5-6-14(11(9)8-10)12(16)2-1-7-15/h3-4,8,15H,1-2,5-7H2. The molecule has 3 nitrogen and oxygen atoms in total. The maximum atomic E-state index is 13.1. The minimum absolute atomic E-state index is 0.00951. The summed E-state index contributed by atoms with van der Waals surface area (Å²) in [6.07, 6.45) is 1.55. The lowest BCUT2D eigenvalue weighted by Gasteiger charge is -2.16. The van der Waals surface area contributed by atoms with Crippen molar-refractivity contribution in [2.45, 2.75) is 19.3 Å². The fourth-order valence-electron chi connectivity index (χ4n) is 1.98. The highest BCUT2D eigenvalue weighted by Crippen LogP contribution is 2.29. The van der Waals surface area contributed by atoms with Crippen LogP contribution in [0, 0.1) is 5.82 Å². The van der Waals surface area contributed by atoms with E-state index in [-0.39, 0.29) is 18.3 Å². The second-order valence-electron chi connectivity index (χ2n) is 3.90. The van der Waals surface area contributed by atoms with Crippen LogP contribution in [-0.4, -0.2) is 24.2 Å². The van der Waals surface area contributed by atoms with Crippen LogP contribution in [0.4, 0.5) is 10.1 Å². The van der Waals surface area contributed by atoms with Crippen LogP contribution < -0.4 is 4.90 Å². The monoisotopic (exact) mass is 223 g/mol. The Kier molecular flexibility index (Phi) is 3.19. The van der Waals surface area contributed by atoms with Crippen molar-refractivity contribution >= 4 is 11.6 Å². The summed E-state index contributed by atoms with van der Waals surface area (Å²) in [6.45, 7) is 0.624. The number of amides is 1. The van der Waals surface area contributed by atoms with Crippen LogP contribution >= 0.6 is 0 Å². The molecule has 1 aromatic rings. The summed E-state index contributed by atoms with van der Waals surface area (Å²) in [5.74, 6) is -0.362. The Bertz CT molecular complexity index is 406. The van der Waals surface area contributed by atoms with Gasteiger partial charge in [-0.2, -0.15) is 0 Å². The molecule has 1 N–H and O–H groups in total. The first kappa shape index (κ1) is 11.1.